The molecule has 58 valence electrons. The molecular weight excluding hydrogens is 122 g/mol. The van der Waals surface area contributed by atoms with Crippen LogP contribution in [0.2, 0.25) is 0 Å². The average molecular weight is 139 g/mol. The van der Waals surface area contributed by atoms with Crippen molar-refractivity contribution < 1.29 is 0 Å². The third kappa shape index (κ3) is 1.07. The highest BCUT2D eigenvalue weighted by atomic mass is 15.0. The van der Waals surface area contributed by atoms with Gasteiger partial charge in [-0.2, -0.15) is 0 Å². The largest absolute Gasteiger partial charge is 0.311 e. The Labute approximate surface area is 63.2 Å². The minimum absolute atomic E-state index is 0.635. The van der Waals surface area contributed by atoms with E-state index >= 15 is 0 Å². The van der Waals surface area contributed by atoms with Gasteiger partial charge in [0.1, 0.15) is 0 Å². The zero-order valence-electron chi connectivity index (χ0n) is 6.66. The van der Waals surface area contributed by atoms with Gasteiger partial charge in [0.15, 0.2) is 0 Å². The van der Waals surface area contributed by atoms with Gasteiger partial charge in [-0.05, 0) is 38.6 Å². The standard InChI is InChI=1S/C9H17N/c1-2-5-9(6-4-7-9)10-8-3-1/h10H,1-8H2. The van der Waals surface area contributed by atoms with Crippen LogP contribution in [0.5, 0.6) is 0 Å². The first-order chi connectivity index (χ1) is 4.91. The van der Waals surface area contributed by atoms with E-state index in [4.69, 9.17) is 0 Å². The van der Waals surface area contributed by atoms with E-state index in [1.54, 1.807) is 0 Å². The van der Waals surface area contributed by atoms with Gasteiger partial charge in [-0.3, -0.25) is 0 Å². The summed E-state index contributed by atoms with van der Waals surface area (Å²) in [5, 5.41) is 3.69. The molecule has 0 amide bonds. The van der Waals surface area contributed by atoms with Crippen LogP contribution < -0.4 is 5.32 Å². The quantitative estimate of drug-likeness (QED) is 0.541. The summed E-state index contributed by atoms with van der Waals surface area (Å²) in [4.78, 5) is 0. The Morgan fingerprint density at radius 3 is 2.30 bits per heavy atom. The second kappa shape index (κ2) is 2.54. The Kier molecular flexibility index (Phi) is 1.69. The number of hydrogen-bond donors (Lipinski definition) is 1. The zero-order chi connectivity index (χ0) is 6.86. The van der Waals surface area contributed by atoms with Gasteiger partial charge in [-0.1, -0.05) is 12.8 Å². The molecule has 0 radical (unpaired) electrons. The molecule has 10 heavy (non-hydrogen) atoms. The molecule has 2 aliphatic rings. The van der Waals surface area contributed by atoms with Gasteiger partial charge >= 0.3 is 0 Å². The lowest BCUT2D eigenvalue weighted by Crippen LogP contribution is -2.50. The number of rotatable bonds is 0. The zero-order valence-corrected chi connectivity index (χ0v) is 6.66. The molecule has 1 saturated carbocycles. The van der Waals surface area contributed by atoms with E-state index in [9.17, 15) is 0 Å². The van der Waals surface area contributed by atoms with Crippen molar-refractivity contribution in [1.29, 1.82) is 0 Å². The minimum Gasteiger partial charge on any atom is -0.311 e. The lowest BCUT2D eigenvalue weighted by molar-refractivity contribution is 0.179. The second-order valence-corrected chi connectivity index (χ2v) is 3.87. The predicted octanol–water partition coefficient (Wildman–Crippen LogP) is 2.07. The van der Waals surface area contributed by atoms with Crippen LogP contribution in [0.25, 0.3) is 0 Å². The maximum Gasteiger partial charge on any atom is 0.0181 e. The highest BCUT2D eigenvalue weighted by molar-refractivity contribution is 4.96. The molecule has 0 aromatic rings. The summed E-state index contributed by atoms with van der Waals surface area (Å²) in [6.07, 6.45) is 10.1. The van der Waals surface area contributed by atoms with Crippen molar-refractivity contribution in [2.75, 3.05) is 6.54 Å². The number of nitrogens with one attached hydrogen (secondary N) is 1. The third-order valence-electron chi connectivity index (χ3n) is 3.14. The minimum atomic E-state index is 0.635. The van der Waals surface area contributed by atoms with Gasteiger partial charge in [0.25, 0.3) is 0 Å². The monoisotopic (exact) mass is 139 g/mol. The molecule has 1 heteroatoms. The summed E-state index contributed by atoms with van der Waals surface area (Å²) in [6, 6.07) is 0. The topological polar surface area (TPSA) is 12.0 Å². The maximum atomic E-state index is 3.69. The van der Waals surface area contributed by atoms with Gasteiger partial charge in [-0.15, -0.1) is 0 Å². The highest BCUT2D eigenvalue weighted by Gasteiger charge is 2.36. The van der Waals surface area contributed by atoms with Crippen LogP contribution in [0.4, 0.5) is 0 Å². The molecule has 1 spiro atoms. The van der Waals surface area contributed by atoms with Crippen molar-refractivity contribution in [2.45, 2.75) is 50.5 Å². The highest BCUT2D eigenvalue weighted by Crippen LogP contribution is 2.37. The fraction of sp³-hybridized carbons (Fsp3) is 1.00. The number of hydrogen-bond acceptors (Lipinski definition) is 1. The summed E-state index contributed by atoms with van der Waals surface area (Å²) >= 11 is 0. The molecule has 0 aromatic heterocycles. The first-order valence-corrected chi connectivity index (χ1v) is 4.66. The van der Waals surface area contributed by atoms with E-state index in [1.807, 2.05) is 0 Å². The van der Waals surface area contributed by atoms with Crippen LogP contribution in [0, 0.1) is 0 Å². The molecule has 1 aliphatic heterocycles. The van der Waals surface area contributed by atoms with Gasteiger partial charge in [0, 0.05) is 5.54 Å². The van der Waals surface area contributed by atoms with E-state index in [0.717, 1.165) is 0 Å². The fourth-order valence-electron chi connectivity index (χ4n) is 2.24. The normalized spacial score (nSPS) is 31.2. The van der Waals surface area contributed by atoms with Gasteiger partial charge < -0.3 is 5.32 Å². The third-order valence-corrected chi connectivity index (χ3v) is 3.14. The molecule has 1 nitrogen and oxygen atoms in total. The van der Waals surface area contributed by atoms with E-state index in [1.165, 1.54) is 51.5 Å². The molecule has 0 bridgehead atoms. The Bertz CT molecular complexity index is 106. The second-order valence-electron chi connectivity index (χ2n) is 3.87. The van der Waals surface area contributed by atoms with Crippen LogP contribution >= 0.6 is 0 Å². The van der Waals surface area contributed by atoms with E-state index in [0.29, 0.717) is 5.54 Å². The summed E-state index contributed by atoms with van der Waals surface area (Å²) in [7, 11) is 0. The van der Waals surface area contributed by atoms with Crippen LogP contribution in [0.1, 0.15) is 44.9 Å². The molecular formula is C9H17N. The Hall–Kier alpha value is -0.0400. The molecule has 2 rings (SSSR count). The van der Waals surface area contributed by atoms with Crippen molar-refractivity contribution in [1.82, 2.24) is 5.32 Å². The van der Waals surface area contributed by atoms with Crippen molar-refractivity contribution in [3.63, 3.8) is 0 Å². The molecule has 1 heterocycles. The summed E-state index contributed by atoms with van der Waals surface area (Å²) in [6.45, 7) is 1.28. The molecule has 2 fully saturated rings. The van der Waals surface area contributed by atoms with Gasteiger partial charge in [0.2, 0.25) is 0 Å². The van der Waals surface area contributed by atoms with E-state index < -0.39 is 0 Å². The van der Waals surface area contributed by atoms with Gasteiger partial charge in [-0.25, -0.2) is 0 Å². The van der Waals surface area contributed by atoms with Crippen molar-refractivity contribution >= 4 is 0 Å². The average Bonchev–Trinajstić information content (AvgIpc) is 2.08. The van der Waals surface area contributed by atoms with Crippen LogP contribution in [0.15, 0.2) is 0 Å². The summed E-state index contributed by atoms with van der Waals surface area (Å²) in [5.41, 5.74) is 0.635. The Morgan fingerprint density at radius 1 is 0.800 bits per heavy atom. The first-order valence-electron chi connectivity index (χ1n) is 4.66. The van der Waals surface area contributed by atoms with Crippen LogP contribution in [-0.4, -0.2) is 12.1 Å². The molecule has 1 aliphatic carbocycles. The Morgan fingerprint density at radius 2 is 1.60 bits per heavy atom. The predicted molar refractivity (Wildman–Crippen MR) is 43.1 cm³/mol. The van der Waals surface area contributed by atoms with Crippen molar-refractivity contribution in [3.05, 3.63) is 0 Å². The van der Waals surface area contributed by atoms with E-state index in [2.05, 4.69) is 5.32 Å². The summed E-state index contributed by atoms with van der Waals surface area (Å²) < 4.78 is 0. The fourth-order valence-corrected chi connectivity index (χ4v) is 2.24. The lowest BCUT2D eigenvalue weighted by atomic mass is 9.74. The molecule has 1 N–H and O–H groups in total. The molecule has 1 saturated heterocycles. The smallest absolute Gasteiger partial charge is 0.0181 e. The van der Waals surface area contributed by atoms with Crippen LogP contribution in [-0.2, 0) is 0 Å². The van der Waals surface area contributed by atoms with Crippen LogP contribution in [0.3, 0.4) is 0 Å². The maximum absolute atomic E-state index is 3.69. The van der Waals surface area contributed by atoms with E-state index in [-0.39, 0.29) is 0 Å². The molecule has 0 atom stereocenters. The lowest BCUT2D eigenvalue weighted by Gasteiger charge is -2.42. The Balaban J connectivity index is 1.92. The molecule has 0 aromatic carbocycles. The van der Waals surface area contributed by atoms with Crippen molar-refractivity contribution in [3.8, 4) is 0 Å². The van der Waals surface area contributed by atoms with Gasteiger partial charge in [0.05, 0.1) is 0 Å². The molecule has 0 unspecified atom stereocenters. The first kappa shape index (κ1) is 6.66. The van der Waals surface area contributed by atoms with Crippen molar-refractivity contribution in [2.24, 2.45) is 0 Å². The SMILES string of the molecule is C1CCNC2(CC1)CCC2. The summed E-state index contributed by atoms with van der Waals surface area (Å²) in [5.74, 6) is 0.